The summed E-state index contributed by atoms with van der Waals surface area (Å²) in [6.07, 6.45) is 3.01. The van der Waals surface area contributed by atoms with Crippen molar-refractivity contribution in [1.82, 2.24) is 5.32 Å². The van der Waals surface area contributed by atoms with Crippen molar-refractivity contribution in [2.75, 3.05) is 13.7 Å². The van der Waals surface area contributed by atoms with Crippen LogP contribution in [0.2, 0.25) is 0 Å². The molecule has 1 aliphatic carbocycles. The first-order valence-corrected chi connectivity index (χ1v) is 6.99. The SMILES string of the molecule is COc1sc(CNCC2(O)CCC2)cc1Br. The van der Waals surface area contributed by atoms with Crippen molar-refractivity contribution in [2.24, 2.45) is 0 Å². The number of aliphatic hydroxyl groups is 1. The lowest BCUT2D eigenvalue weighted by Gasteiger charge is -2.36. The highest BCUT2D eigenvalue weighted by Crippen LogP contribution is 2.35. The highest BCUT2D eigenvalue weighted by molar-refractivity contribution is 9.10. The van der Waals surface area contributed by atoms with Crippen molar-refractivity contribution >= 4 is 27.3 Å². The summed E-state index contributed by atoms with van der Waals surface area (Å²) in [7, 11) is 1.67. The molecule has 1 heterocycles. The van der Waals surface area contributed by atoms with Gasteiger partial charge in [-0.05, 0) is 41.3 Å². The third-order valence-electron chi connectivity index (χ3n) is 2.93. The van der Waals surface area contributed by atoms with E-state index in [0.29, 0.717) is 6.54 Å². The Kier molecular flexibility index (Phi) is 3.89. The van der Waals surface area contributed by atoms with Crippen molar-refractivity contribution in [3.63, 3.8) is 0 Å². The molecule has 1 saturated carbocycles. The second kappa shape index (κ2) is 5.04. The molecule has 1 aliphatic rings. The van der Waals surface area contributed by atoms with Crippen LogP contribution < -0.4 is 10.1 Å². The first kappa shape index (κ1) is 12.4. The van der Waals surface area contributed by atoms with Crippen LogP contribution >= 0.6 is 27.3 Å². The molecule has 1 fully saturated rings. The second-order valence-electron chi connectivity index (χ2n) is 4.23. The van der Waals surface area contributed by atoms with Crippen LogP contribution in [-0.4, -0.2) is 24.4 Å². The van der Waals surface area contributed by atoms with Gasteiger partial charge in [0.05, 0.1) is 17.2 Å². The molecule has 5 heteroatoms. The number of hydrogen-bond donors (Lipinski definition) is 2. The summed E-state index contributed by atoms with van der Waals surface area (Å²) in [5.41, 5.74) is -0.446. The molecule has 2 rings (SSSR count). The zero-order chi connectivity index (χ0) is 11.6. The van der Waals surface area contributed by atoms with Crippen LogP contribution in [0.4, 0.5) is 0 Å². The largest absolute Gasteiger partial charge is 0.486 e. The van der Waals surface area contributed by atoms with Gasteiger partial charge in [0.2, 0.25) is 0 Å². The molecule has 0 bridgehead atoms. The van der Waals surface area contributed by atoms with Crippen LogP contribution in [-0.2, 0) is 6.54 Å². The summed E-state index contributed by atoms with van der Waals surface area (Å²) in [5.74, 6) is 0. The van der Waals surface area contributed by atoms with Gasteiger partial charge in [0.15, 0.2) is 5.06 Å². The molecule has 1 aromatic heterocycles. The van der Waals surface area contributed by atoms with Crippen LogP contribution in [0.3, 0.4) is 0 Å². The van der Waals surface area contributed by atoms with E-state index >= 15 is 0 Å². The summed E-state index contributed by atoms with van der Waals surface area (Å²) in [5, 5.41) is 14.1. The standard InChI is InChI=1S/C11H16BrNO2S/c1-15-10-9(12)5-8(16-10)6-13-7-11(14)3-2-4-11/h5,13-14H,2-4,6-7H2,1H3. The monoisotopic (exact) mass is 305 g/mol. The highest BCUT2D eigenvalue weighted by Gasteiger charge is 2.33. The molecule has 16 heavy (non-hydrogen) atoms. The van der Waals surface area contributed by atoms with Gasteiger partial charge in [0.25, 0.3) is 0 Å². The number of rotatable bonds is 5. The van der Waals surface area contributed by atoms with E-state index in [9.17, 15) is 5.11 Å². The zero-order valence-electron chi connectivity index (χ0n) is 9.25. The molecule has 0 aromatic carbocycles. The Hall–Kier alpha value is -0.100. The lowest BCUT2D eigenvalue weighted by molar-refractivity contribution is -0.0314. The Morgan fingerprint density at radius 2 is 2.38 bits per heavy atom. The molecule has 0 aliphatic heterocycles. The summed E-state index contributed by atoms with van der Waals surface area (Å²) in [6.45, 7) is 1.47. The molecule has 1 aromatic rings. The number of halogens is 1. The Balaban J connectivity index is 1.80. The average molecular weight is 306 g/mol. The van der Waals surface area contributed by atoms with Gasteiger partial charge in [-0.2, -0.15) is 0 Å². The van der Waals surface area contributed by atoms with Crippen molar-refractivity contribution in [3.05, 3.63) is 15.4 Å². The van der Waals surface area contributed by atoms with Crippen molar-refractivity contribution in [2.45, 2.75) is 31.4 Å². The van der Waals surface area contributed by atoms with Crippen LogP contribution in [0.5, 0.6) is 5.06 Å². The zero-order valence-corrected chi connectivity index (χ0v) is 11.7. The topological polar surface area (TPSA) is 41.5 Å². The van der Waals surface area contributed by atoms with Gasteiger partial charge in [-0.1, -0.05) is 0 Å². The fraction of sp³-hybridized carbons (Fsp3) is 0.636. The predicted octanol–water partition coefficient (Wildman–Crippen LogP) is 2.52. The van der Waals surface area contributed by atoms with Crippen LogP contribution in [0.1, 0.15) is 24.1 Å². The Bertz CT molecular complexity index is 363. The van der Waals surface area contributed by atoms with Crippen molar-refractivity contribution in [3.8, 4) is 5.06 Å². The van der Waals surface area contributed by atoms with E-state index in [-0.39, 0.29) is 0 Å². The minimum absolute atomic E-state index is 0.446. The maximum atomic E-state index is 9.90. The van der Waals surface area contributed by atoms with Gasteiger partial charge in [-0.15, -0.1) is 11.3 Å². The number of hydrogen-bond acceptors (Lipinski definition) is 4. The molecule has 0 spiro atoms. The summed E-state index contributed by atoms with van der Waals surface area (Å²) in [6, 6.07) is 2.06. The molecule has 0 unspecified atom stereocenters. The first-order valence-electron chi connectivity index (χ1n) is 5.38. The van der Waals surface area contributed by atoms with Crippen molar-refractivity contribution in [1.29, 1.82) is 0 Å². The van der Waals surface area contributed by atoms with Gasteiger partial charge < -0.3 is 15.2 Å². The van der Waals surface area contributed by atoms with Gasteiger partial charge in [0.1, 0.15) is 0 Å². The van der Waals surface area contributed by atoms with Gasteiger partial charge in [0, 0.05) is 18.0 Å². The molecule has 0 radical (unpaired) electrons. The number of ether oxygens (including phenoxy) is 1. The average Bonchev–Trinajstić information content (AvgIpc) is 2.56. The third kappa shape index (κ3) is 2.77. The number of methoxy groups -OCH3 is 1. The minimum Gasteiger partial charge on any atom is -0.486 e. The summed E-state index contributed by atoms with van der Waals surface area (Å²) in [4.78, 5) is 1.21. The Morgan fingerprint density at radius 1 is 1.62 bits per heavy atom. The van der Waals surface area contributed by atoms with E-state index < -0.39 is 5.60 Å². The molecule has 3 nitrogen and oxygen atoms in total. The predicted molar refractivity (Wildman–Crippen MR) is 69.1 cm³/mol. The van der Waals surface area contributed by atoms with Gasteiger partial charge in [-0.25, -0.2) is 0 Å². The van der Waals surface area contributed by atoms with Crippen molar-refractivity contribution < 1.29 is 9.84 Å². The smallest absolute Gasteiger partial charge is 0.188 e. The van der Waals surface area contributed by atoms with E-state index in [2.05, 4.69) is 27.3 Å². The van der Waals surface area contributed by atoms with E-state index in [0.717, 1.165) is 35.3 Å². The molecule has 2 N–H and O–H groups in total. The fourth-order valence-corrected chi connectivity index (χ4v) is 3.47. The molecule has 0 atom stereocenters. The molecular formula is C11H16BrNO2S. The lowest BCUT2D eigenvalue weighted by atomic mass is 9.80. The van der Waals surface area contributed by atoms with E-state index in [1.807, 2.05) is 0 Å². The molecular weight excluding hydrogens is 290 g/mol. The summed E-state index contributed by atoms with van der Waals surface area (Å²) >= 11 is 5.06. The Morgan fingerprint density at radius 3 is 2.88 bits per heavy atom. The molecule has 0 saturated heterocycles. The van der Waals surface area contributed by atoms with Gasteiger partial charge in [-0.3, -0.25) is 0 Å². The quantitative estimate of drug-likeness (QED) is 0.878. The van der Waals surface area contributed by atoms with Crippen LogP contribution in [0.15, 0.2) is 10.5 Å². The maximum absolute atomic E-state index is 9.90. The Labute approximate surface area is 108 Å². The summed E-state index contributed by atoms with van der Waals surface area (Å²) < 4.78 is 6.20. The second-order valence-corrected chi connectivity index (χ2v) is 6.19. The highest BCUT2D eigenvalue weighted by atomic mass is 79.9. The third-order valence-corrected chi connectivity index (χ3v) is 4.88. The van der Waals surface area contributed by atoms with E-state index in [1.54, 1.807) is 18.4 Å². The molecule has 90 valence electrons. The number of nitrogens with one attached hydrogen (secondary N) is 1. The van der Waals surface area contributed by atoms with E-state index in [4.69, 9.17) is 4.74 Å². The van der Waals surface area contributed by atoms with Crippen LogP contribution in [0, 0.1) is 0 Å². The lowest BCUT2D eigenvalue weighted by Crippen LogP contribution is -2.45. The normalized spacial score (nSPS) is 18.2. The van der Waals surface area contributed by atoms with Gasteiger partial charge >= 0.3 is 0 Å². The minimum atomic E-state index is -0.446. The first-order chi connectivity index (χ1) is 7.63. The fourth-order valence-electron chi connectivity index (χ4n) is 1.80. The number of thiophene rings is 1. The maximum Gasteiger partial charge on any atom is 0.188 e. The van der Waals surface area contributed by atoms with Crippen LogP contribution in [0.25, 0.3) is 0 Å². The van der Waals surface area contributed by atoms with E-state index in [1.165, 1.54) is 4.88 Å². The molecule has 0 amide bonds.